The summed E-state index contributed by atoms with van der Waals surface area (Å²) in [5.41, 5.74) is 8.36. The Kier molecular flexibility index (Phi) is 5.87. The van der Waals surface area contributed by atoms with Gasteiger partial charge in [-0.25, -0.2) is 9.97 Å². The molecular formula is C16H20IN3S. The van der Waals surface area contributed by atoms with Crippen molar-refractivity contribution < 1.29 is 0 Å². The number of nitrogens with zero attached hydrogens (tertiary/aromatic N) is 2. The maximum Gasteiger partial charge on any atom is 0.141 e. The Balaban J connectivity index is 2.12. The third kappa shape index (κ3) is 4.85. The molecule has 2 rings (SSSR count). The lowest BCUT2D eigenvalue weighted by molar-refractivity contribution is 0.629. The van der Waals surface area contributed by atoms with E-state index in [1.54, 1.807) is 11.8 Å². The van der Waals surface area contributed by atoms with Crippen LogP contribution in [0.25, 0.3) is 0 Å². The van der Waals surface area contributed by atoms with Crippen molar-refractivity contribution in [2.24, 2.45) is 5.92 Å². The number of halogens is 1. The molecule has 0 radical (unpaired) electrons. The SMILES string of the molecule is Cc1ccc(SCc2nc(N)c(I)c(CC(C)C)n2)cc1. The van der Waals surface area contributed by atoms with Gasteiger partial charge in [-0.1, -0.05) is 31.5 Å². The standard InChI is InChI=1S/C16H20IN3S/c1-10(2)8-13-15(17)16(18)20-14(19-13)9-21-12-6-4-11(3)5-7-12/h4-7,10H,8-9H2,1-3H3,(H2,18,19,20). The molecule has 2 aromatic rings. The van der Waals surface area contributed by atoms with Crippen LogP contribution >= 0.6 is 34.4 Å². The highest BCUT2D eigenvalue weighted by molar-refractivity contribution is 14.1. The number of thioether (sulfide) groups is 1. The first-order valence-electron chi connectivity index (χ1n) is 6.96. The largest absolute Gasteiger partial charge is 0.383 e. The van der Waals surface area contributed by atoms with Gasteiger partial charge in [0, 0.05) is 4.90 Å². The second kappa shape index (κ2) is 7.45. The number of aromatic nitrogens is 2. The van der Waals surface area contributed by atoms with Gasteiger partial charge < -0.3 is 5.73 Å². The molecule has 3 nitrogen and oxygen atoms in total. The summed E-state index contributed by atoms with van der Waals surface area (Å²) < 4.78 is 0.991. The minimum absolute atomic E-state index is 0.561. The summed E-state index contributed by atoms with van der Waals surface area (Å²) in [7, 11) is 0. The van der Waals surface area contributed by atoms with Gasteiger partial charge in [0.15, 0.2) is 0 Å². The Morgan fingerprint density at radius 3 is 2.48 bits per heavy atom. The van der Waals surface area contributed by atoms with Gasteiger partial charge >= 0.3 is 0 Å². The summed E-state index contributed by atoms with van der Waals surface area (Å²) in [4.78, 5) is 10.3. The number of benzene rings is 1. The fraction of sp³-hybridized carbons (Fsp3) is 0.375. The van der Waals surface area contributed by atoms with Crippen molar-refractivity contribution in [3.05, 3.63) is 44.9 Å². The lowest BCUT2D eigenvalue weighted by atomic mass is 10.1. The summed E-state index contributed by atoms with van der Waals surface area (Å²) in [6, 6.07) is 8.50. The summed E-state index contributed by atoms with van der Waals surface area (Å²) in [5.74, 6) is 2.72. The van der Waals surface area contributed by atoms with Crippen LogP contribution in [0.1, 0.15) is 30.9 Å². The van der Waals surface area contributed by atoms with Gasteiger partial charge in [-0.05, 0) is 54.0 Å². The Bertz CT molecular complexity index is 612. The zero-order valence-electron chi connectivity index (χ0n) is 12.6. The van der Waals surface area contributed by atoms with Crippen molar-refractivity contribution in [2.45, 2.75) is 37.8 Å². The lowest BCUT2D eigenvalue weighted by Crippen LogP contribution is -2.09. The molecule has 0 aliphatic carbocycles. The van der Waals surface area contributed by atoms with E-state index in [1.807, 2.05) is 0 Å². The fourth-order valence-corrected chi connectivity index (χ4v) is 3.15. The summed E-state index contributed by atoms with van der Waals surface area (Å²) >= 11 is 3.98. The van der Waals surface area contributed by atoms with Gasteiger partial charge in [-0.3, -0.25) is 0 Å². The molecule has 21 heavy (non-hydrogen) atoms. The lowest BCUT2D eigenvalue weighted by Gasteiger charge is -2.10. The maximum absolute atomic E-state index is 6.02. The molecule has 0 spiro atoms. The highest BCUT2D eigenvalue weighted by atomic mass is 127. The smallest absolute Gasteiger partial charge is 0.141 e. The van der Waals surface area contributed by atoms with E-state index < -0.39 is 0 Å². The zero-order valence-corrected chi connectivity index (χ0v) is 15.5. The molecule has 1 aromatic carbocycles. The van der Waals surface area contributed by atoms with Crippen molar-refractivity contribution >= 4 is 40.2 Å². The highest BCUT2D eigenvalue weighted by Crippen LogP contribution is 2.24. The zero-order chi connectivity index (χ0) is 15.4. The number of nitrogens with two attached hydrogens (primary N) is 1. The third-order valence-electron chi connectivity index (χ3n) is 2.98. The summed E-state index contributed by atoms with van der Waals surface area (Å²) in [6.07, 6.45) is 0.938. The van der Waals surface area contributed by atoms with Crippen molar-refractivity contribution in [1.82, 2.24) is 9.97 Å². The van der Waals surface area contributed by atoms with Crippen molar-refractivity contribution in [1.29, 1.82) is 0 Å². The fourth-order valence-electron chi connectivity index (χ4n) is 1.93. The maximum atomic E-state index is 6.02. The van der Waals surface area contributed by atoms with Crippen LogP contribution in [0.3, 0.4) is 0 Å². The molecule has 0 saturated heterocycles. The van der Waals surface area contributed by atoms with E-state index in [-0.39, 0.29) is 0 Å². The van der Waals surface area contributed by atoms with Crippen LogP contribution in [-0.2, 0) is 12.2 Å². The van der Waals surface area contributed by atoms with Gasteiger partial charge in [0.25, 0.3) is 0 Å². The van der Waals surface area contributed by atoms with Crippen LogP contribution in [-0.4, -0.2) is 9.97 Å². The van der Waals surface area contributed by atoms with Crippen LogP contribution in [0.4, 0.5) is 5.82 Å². The molecule has 0 saturated carbocycles. The summed E-state index contributed by atoms with van der Waals surface area (Å²) in [5, 5.41) is 0. The predicted molar refractivity (Wildman–Crippen MR) is 98.4 cm³/mol. The van der Waals surface area contributed by atoms with E-state index >= 15 is 0 Å². The predicted octanol–water partition coefficient (Wildman–Crippen LogP) is 4.46. The van der Waals surface area contributed by atoms with Gasteiger partial charge in [-0.2, -0.15) is 0 Å². The Morgan fingerprint density at radius 1 is 1.19 bits per heavy atom. The Labute approximate surface area is 144 Å². The van der Waals surface area contributed by atoms with E-state index in [2.05, 4.69) is 77.6 Å². The van der Waals surface area contributed by atoms with Crippen LogP contribution in [0.15, 0.2) is 29.2 Å². The van der Waals surface area contributed by atoms with E-state index in [1.165, 1.54) is 10.5 Å². The number of anilines is 1. The van der Waals surface area contributed by atoms with Crippen molar-refractivity contribution in [3.8, 4) is 0 Å². The minimum Gasteiger partial charge on any atom is -0.383 e. The van der Waals surface area contributed by atoms with E-state index in [0.717, 1.165) is 27.3 Å². The summed E-state index contributed by atoms with van der Waals surface area (Å²) in [6.45, 7) is 6.47. The van der Waals surface area contributed by atoms with Crippen LogP contribution in [0.5, 0.6) is 0 Å². The molecular weight excluding hydrogens is 393 g/mol. The number of hydrogen-bond donors (Lipinski definition) is 1. The molecule has 0 amide bonds. The Hall–Kier alpha value is -0.820. The van der Waals surface area contributed by atoms with Gasteiger partial charge in [0.05, 0.1) is 15.0 Å². The Morgan fingerprint density at radius 2 is 1.86 bits per heavy atom. The minimum atomic E-state index is 0.561. The molecule has 112 valence electrons. The second-order valence-corrected chi connectivity index (χ2v) is 7.61. The molecule has 1 aromatic heterocycles. The molecule has 0 fully saturated rings. The first-order valence-corrected chi connectivity index (χ1v) is 9.02. The van der Waals surface area contributed by atoms with E-state index in [9.17, 15) is 0 Å². The van der Waals surface area contributed by atoms with Gasteiger partial charge in [0.2, 0.25) is 0 Å². The molecule has 0 bridgehead atoms. The van der Waals surface area contributed by atoms with E-state index in [4.69, 9.17) is 5.73 Å². The van der Waals surface area contributed by atoms with Crippen molar-refractivity contribution in [2.75, 3.05) is 5.73 Å². The molecule has 1 heterocycles. The number of aryl methyl sites for hydroxylation is 1. The van der Waals surface area contributed by atoms with Gasteiger partial charge in [0.1, 0.15) is 11.6 Å². The molecule has 0 aliphatic rings. The third-order valence-corrected chi connectivity index (χ3v) is 5.17. The van der Waals surface area contributed by atoms with Crippen LogP contribution in [0, 0.1) is 16.4 Å². The van der Waals surface area contributed by atoms with E-state index in [0.29, 0.717) is 11.7 Å². The number of nitrogen functional groups attached to an aromatic ring is 1. The highest BCUT2D eigenvalue weighted by Gasteiger charge is 2.11. The molecule has 5 heteroatoms. The number of hydrogen-bond acceptors (Lipinski definition) is 4. The monoisotopic (exact) mass is 413 g/mol. The van der Waals surface area contributed by atoms with Crippen molar-refractivity contribution in [3.63, 3.8) is 0 Å². The first-order chi connectivity index (χ1) is 9.95. The first kappa shape index (κ1) is 16.5. The quantitative estimate of drug-likeness (QED) is 0.581. The molecule has 2 N–H and O–H groups in total. The average molecular weight is 413 g/mol. The average Bonchev–Trinajstić information content (AvgIpc) is 2.43. The van der Waals surface area contributed by atoms with Gasteiger partial charge in [-0.15, -0.1) is 11.8 Å². The second-order valence-electron chi connectivity index (χ2n) is 5.49. The van der Waals surface area contributed by atoms with Crippen LogP contribution < -0.4 is 5.73 Å². The number of rotatable bonds is 5. The molecule has 0 unspecified atom stereocenters. The topological polar surface area (TPSA) is 51.8 Å². The molecule has 0 aliphatic heterocycles. The normalized spacial score (nSPS) is 11.1. The van der Waals surface area contributed by atoms with Crippen LogP contribution in [0.2, 0.25) is 0 Å². The molecule has 0 atom stereocenters.